The molecule has 0 spiro atoms. The highest BCUT2D eigenvalue weighted by Crippen LogP contribution is 2.37. The van der Waals surface area contributed by atoms with Gasteiger partial charge in [0.25, 0.3) is 11.1 Å². The number of imide groups is 1. The van der Waals surface area contributed by atoms with Crippen LogP contribution in [0.15, 0.2) is 76.6 Å². The van der Waals surface area contributed by atoms with Crippen molar-refractivity contribution in [3.63, 3.8) is 0 Å². The van der Waals surface area contributed by atoms with Crippen LogP contribution < -0.4 is 14.8 Å². The van der Waals surface area contributed by atoms with E-state index in [1.165, 1.54) is 0 Å². The minimum absolute atomic E-state index is 0.222. The maximum atomic E-state index is 13.1. The fourth-order valence-electron chi connectivity index (χ4n) is 4.25. The lowest BCUT2D eigenvalue weighted by Gasteiger charge is -2.16. The zero-order valence-corrected chi connectivity index (χ0v) is 24.9. The summed E-state index contributed by atoms with van der Waals surface area (Å²) in [5.41, 5.74) is 4.96. The molecule has 3 aromatic rings. The van der Waals surface area contributed by atoms with Crippen molar-refractivity contribution in [3.8, 4) is 11.5 Å². The van der Waals surface area contributed by atoms with Gasteiger partial charge in [0, 0.05) is 15.7 Å². The normalized spacial score (nSPS) is 14.0. The number of nitrogens with one attached hydrogen (secondary N) is 1. The minimum Gasteiger partial charge on any atom is -0.493 e. The van der Waals surface area contributed by atoms with Gasteiger partial charge >= 0.3 is 0 Å². The molecule has 0 aliphatic carbocycles. The molecule has 4 rings (SSSR count). The number of para-hydroxylation sites is 1. The number of amides is 3. The third-order valence-corrected chi connectivity index (χ3v) is 7.69. The molecule has 3 aromatic carbocycles. The van der Waals surface area contributed by atoms with E-state index in [9.17, 15) is 14.4 Å². The highest BCUT2D eigenvalue weighted by Gasteiger charge is 2.36. The topological polar surface area (TPSA) is 84.9 Å². The minimum atomic E-state index is -0.522. The number of halogens is 1. The van der Waals surface area contributed by atoms with Crippen LogP contribution in [-0.2, 0) is 22.6 Å². The Morgan fingerprint density at radius 2 is 1.80 bits per heavy atom. The number of anilines is 1. The van der Waals surface area contributed by atoms with E-state index in [0.29, 0.717) is 35.8 Å². The van der Waals surface area contributed by atoms with Gasteiger partial charge in [-0.3, -0.25) is 19.3 Å². The lowest BCUT2D eigenvalue weighted by Crippen LogP contribution is -2.36. The largest absolute Gasteiger partial charge is 0.493 e. The Bertz CT molecular complexity index is 1480. The Kier molecular flexibility index (Phi) is 9.50. The van der Waals surface area contributed by atoms with E-state index in [0.717, 1.165) is 43.4 Å². The molecule has 1 fully saturated rings. The van der Waals surface area contributed by atoms with Gasteiger partial charge in [-0.05, 0) is 84.6 Å². The van der Waals surface area contributed by atoms with Crippen LogP contribution in [0.1, 0.15) is 27.8 Å². The number of thioether (sulfide) groups is 1. The molecule has 40 heavy (non-hydrogen) atoms. The summed E-state index contributed by atoms with van der Waals surface area (Å²) >= 11 is 4.23. The molecule has 0 saturated carbocycles. The second-order valence-electron chi connectivity index (χ2n) is 9.20. The van der Waals surface area contributed by atoms with Gasteiger partial charge in [0.2, 0.25) is 5.91 Å². The van der Waals surface area contributed by atoms with Crippen molar-refractivity contribution in [3.05, 3.63) is 104 Å². The van der Waals surface area contributed by atoms with Gasteiger partial charge in [-0.25, -0.2) is 0 Å². The Balaban J connectivity index is 1.53. The van der Waals surface area contributed by atoms with Crippen molar-refractivity contribution in [2.75, 3.05) is 19.0 Å². The molecule has 0 bridgehead atoms. The second kappa shape index (κ2) is 13.0. The average molecular weight is 622 g/mol. The summed E-state index contributed by atoms with van der Waals surface area (Å²) in [5, 5.41) is 2.32. The SMILES string of the molecule is C=CCc1cc(/C=C2\SC(=O)N(CC(=O)Nc3c(C)cccc3C)C2=O)cc(OC)c1OCc1ccc(Br)cc1. The Hall–Kier alpha value is -3.82. The molecule has 1 N–H and O–H groups in total. The maximum absolute atomic E-state index is 13.1. The summed E-state index contributed by atoms with van der Waals surface area (Å²) in [5.74, 6) is 0.114. The van der Waals surface area contributed by atoms with E-state index < -0.39 is 17.1 Å². The first-order valence-corrected chi connectivity index (χ1v) is 14.1. The predicted molar refractivity (Wildman–Crippen MR) is 163 cm³/mol. The lowest BCUT2D eigenvalue weighted by molar-refractivity contribution is -0.127. The molecule has 1 heterocycles. The summed E-state index contributed by atoms with van der Waals surface area (Å²) in [6.45, 7) is 7.59. The maximum Gasteiger partial charge on any atom is 0.294 e. The molecule has 7 nitrogen and oxygen atoms in total. The quantitative estimate of drug-likeness (QED) is 0.193. The summed E-state index contributed by atoms with van der Waals surface area (Å²) in [6.07, 6.45) is 3.89. The van der Waals surface area contributed by atoms with Gasteiger partial charge in [0.1, 0.15) is 13.2 Å². The monoisotopic (exact) mass is 620 g/mol. The molecular formula is C31H29BrN2O5S. The predicted octanol–water partition coefficient (Wildman–Crippen LogP) is 7.06. The van der Waals surface area contributed by atoms with Crippen molar-refractivity contribution >= 4 is 56.5 Å². The molecule has 206 valence electrons. The van der Waals surface area contributed by atoms with Crippen LogP contribution in [0.25, 0.3) is 6.08 Å². The van der Waals surface area contributed by atoms with E-state index in [2.05, 4.69) is 27.8 Å². The Morgan fingerprint density at radius 3 is 2.45 bits per heavy atom. The number of hydrogen-bond acceptors (Lipinski definition) is 6. The zero-order chi connectivity index (χ0) is 28.8. The smallest absolute Gasteiger partial charge is 0.294 e. The van der Waals surface area contributed by atoms with Crippen molar-refractivity contribution < 1.29 is 23.9 Å². The van der Waals surface area contributed by atoms with E-state index in [4.69, 9.17) is 9.47 Å². The van der Waals surface area contributed by atoms with Gasteiger partial charge in [0.05, 0.1) is 12.0 Å². The van der Waals surface area contributed by atoms with Gasteiger partial charge in [0.15, 0.2) is 11.5 Å². The number of nitrogens with zero attached hydrogens (tertiary/aromatic N) is 1. The summed E-state index contributed by atoms with van der Waals surface area (Å²) in [6, 6.07) is 17.1. The van der Waals surface area contributed by atoms with Crippen molar-refractivity contribution in [1.29, 1.82) is 0 Å². The van der Waals surface area contributed by atoms with Gasteiger partial charge < -0.3 is 14.8 Å². The Labute approximate surface area is 246 Å². The number of hydrogen-bond donors (Lipinski definition) is 1. The molecule has 0 atom stereocenters. The van der Waals surface area contributed by atoms with Gasteiger partial charge in [-0.1, -0.05) is 52.3 Å². The highest BCUT2D eigenvalue weighted by atomic mass is 79.9. The number of aryl methyl sites for hydroxylation is 2. The summed E-state index contributed by atoms with van der Waals surface area (Å²) in [7, 11) is 1.55. The molecule has 1 saturated heterocycles. The number of benzene rings is 3. The second-order valence-corrected chi connectivity index (χ2v) is 11.1. The highest BCUT2D eigenvalue weighted by molar-refractivity contribution is 9.10. The first-order chi connectivity index (χ1) is 19.2. The van der Waals surface area contributed by atoms with Crippen LogP contribution in [0, 0.1) is 13.8 Å². The summed E-state index contributed by atoms with van der Waals surface area (Å²) in [4.78, 5) is 39.7. The number of allylic oxidation sites excluding steroid dienone is 1. The molecule has 1 aliphatic rings. The van der Waals surface area contributed by atoms with Gasteiger partial charge in [-0.2, -0.15) is 0 Å². The average Bonchev–Trinajstić information content (AvgIpc) is 3.18. The summed E-state index contributed by atoms with van der Waals surface area (Å²) < 4.78 is 12.7. The van der Waals surface area contributed by atoms with Crippen LogP contribution in [0.5, 0.6) is 11.5 Å². The number of ether oxygens (including phenoxy) is 2. The standard InChI is InChI=1S/C31H29BrN2O5S/c1-5-7-23-14-22(15-25(38-4)29(23)39-18-21-10-12-24(32)13-11-21)16-26-30(36)34(31(37)40-26)17-27(35)33-28-19(2)8-6-9-20(28)3/h5-6,8-16H,1,7,17-18H2,2-4H3,(H,33,35)/b26-16-. The van der Waals surface area contributed by atoms with Crippen LogP contribution in [0.3, 0.4) is 0 Å². The van der Waals surface area contributed by atoms with Crippen LogP contribution in [0.4, 0.5) is 10.5 Å². The fourth-order valence-corrected chi connectivity index (χ4v) is 5.35. The third-order valence-electron chi connectivity index (χ3n) is 6.25. The van der Waals surface area contributed by atoms with Crippen molar-refractivity contribution in [2.24, 2.45) is 0 Å². The molecular weight excluding hydrogens is 592 g/mol. The number of rotatable bonds is 10. The molecule has 0 unspecified atom stereocenters. The van der Waals surface area contributed by atoms with Crippen LogP contribution in [0.2, 0.25) is 0 Å². The zero-order valence-electron chi connectivity index (χ0n) is 22.5. The van der Waals surface area contributed by atoms with Crippen molar-refractivity contribution in [2.45, 2.75) is 26.9 Å². The van der Waals surface area contributed by atoms with Crippen LogP contribution >= 0.6 is 27.7 Å². The first kappa shape index (κ1) is 29.2. The Morgan fingerprint density at radius 1 is 1.10 bits per heavy atom. The number of carbonyl (C=O) groups is 3. The van der Waals surface area contributed by atoms with E-state index in [-0.39, 0.29) is 11.4 Å². The fraction of sp³-hybridized carbons (Fsp3) is 0.194. The molecule has 9 heteroatoms. The first-order valence-electron chi connectivity index (χ1n) is 12.5. The number of methoxy groups -OCH3 is 1. The molecule has 1 aliphatic heterocycles. The van der Waals surface area contributed by atoms with Crippen molar-refractivity contribution in [1.82, 2.24) is 4.90 Å². The van der Waals surface area contributed by atoms with E-state index in [1.807, 2.05) is 62.4 Å². The molecule has 0 aromatic heterocycles. The third kappa shape index (κ3) is 6.84. The van der Waals surface area contributed by atoms with Crippen LogP contribution in [-0.4, -0.2) is 35.6 Å². The molecule has 3 amide bonds. The van der Waals surface area contributed by atoms with E-state index in [1.54, 1.807) is 25.3 Å². The lowest BCUT2D eigenvalue weighted by atomic mass is 10.0. The number of carbonyl (C=O) groups excluding carboxylic acids is 3. The van der Waals surface area contributed by atoms with E-state index >= 15 is 0 Å². The molecule has 0 radical (unpaired) electrons. The van der Waals surface area contributed by atoms with Gasteiger partial charge in [-0.15, -0.1) is 6.58 Å².